The first-order chi connectivity index (χ1) is 14.0. The highest BCUT2D eigenvalue weighted by atomic mass is 19.4. The molecule has 0 amide bonds. The van der Waals surface area contributed by atoms with Gasteiger partial charge in [0.15, 0.2) is 5.82 Å². The maximum atomic E-state index is 10.6. The summed E-state index contributed by atoms with van der Waals surface area (Å²) in [6.07, 6.45) is -2.80. The van der Waals surface area contributed by atoms with Crippen LogP contribution in [0.1, 0.15) is 47.6 Å². The summed E-state index contributed by atoms with van der Waals surface area (Å²) in [6, 6.07) is 2.60. The van der Waals surface area contributed by atoms with Crippen LogP contribution < -0.4 is 0 Å². The maximum Gasteiger partial charge on any atom is 0.490 e. The molecule has 0 spiro atoms. The zero-order chi connectivity index (χ0) is 22.1. The van der Waals surface area contributed by atoms with E-state index in [0.717, 1.165) is 49.9 Å². The Kier molecular flexibility index (Phi) is 6.51. The number of likely N-dealkylation sites (tertiary alicyclic amines) is 1. The van der Waals surface area contributed by atoms with Gasteiger partial charge in [-0.25, -0.2) is 4.79 Å². The number of aliphatic carboxylic acids is 1. The second kappa shape index (κ2) is 8.76. The van der Waals surface area contributed by atoms with E-state index in [-0.39, 0.29) is 12.0 Å². The van der Waals surface area contributed by atoms with Crippen LogP contribution in [0.25, 0.3) is 0 Å². The van der Waals surface area contributed by atoms with Crippen molar-refractivity contribution >= 4 is 5.97 Å². The number of aromatic nitrogens is 2. The van der Waals surface area contributed by atoms with Gasteiger partial charge in [-0.3, -0.25) is 4.90 Å². The van der Waals surface area contributed by atoms with Crippen LogP contribution >= 0.6 is 0 Å². The summed E-state index contributed by atoms with van der Waals surface area (Å²) in [5.41, 5.74) is 1.21. The number of carboxylic acids is 1. The highest BCUT2D eigenvalue weighted by Crippen LogP contribution is 2.36. The number of hydrogen-bond acceptors (Lipinski definition) is 7. The second-order valence-electron chi connectivity index (χ2n) is 7.56. The number of aryl methyl sites for hydroxylation is 3. The topological polar surface area (TPSA) is 102 Å². The highest BCUT2D eigenvalue weighted by molar-refractivity contribution is 5.73. The van der Waals surface area contributed by atoms with Crippen molar-refractivity contribution in [2.75, 3.05) is 13.2 Å². The van der Waals surface area contributed by atoms with Gasteiger partial charge in [0.05, 0.1) is 18.6 Å². The molecule has 8 nitrogen and oxygen atoms in total. The SMILES string of the molecule is Cc1noc([C@@H]2C[C@H]3OCC[C@H]3N(Cc3cc(C)c(C)o3)C2)n1.O=C(O)C(F)(F)F. The van der Waals surface area contributed by atoms with Gasteiger partial charge < -0.3 is 18.8 Å². The van der Waals surface area contributed by atoms with E-state index in [9.17, 15) is 13.2 Å². The number of fused-ring (bicyclic) bond motifs is 1. The number of piperidine rings is 1. The molecule has 4 rings (SSSR count). The largest absolute Gasteiger partial charge is 0.490 e. The third kappa shape index (κ3) is 5.20. The molecule has 0 bridgehead atoms. The third-order valence-electron chi connectivity index (χ3n) is 5.33. The summed E-state index contributed by atoms with van der Waals surface area (Å²) in [7, 11) is 0. The molecule has 2 aromatic rings. The number of halogens is 3. The first-order valence-electron chi connectivity index (χ1n) is 9.56. The lowest BCUT2D eigenvalue weighted by Gasteiger charge is -2.39. The Hall–Kier alpha value is -2.40. The lowest BCUT2D eigenvalue weighted by atomic mass is 9.90. The standard InChI is InChI=1S/C17H23N3O3.C2HF3O2/c1-10-6-14(22-11(10)2)9-20-8-13(17-18-12(3)19-23-17)7-16-15(20)4-5-21-16;3-2(4,5)1(6)7/h6,13,15-16H,4-5,7-9H2,1-3H3;(H,6,7)/t13-,15-,16-;/m1./s1. The van der Waals surface area contributed by atoms with Gasteiger partial charge in [-0.2, -0.15) is 18.2 Å². The predicted octanol–water partition coefficient (Wildman–Crippen LogP) is 3.37. The van der Waals surface area contributed by atoms with Gasteiger partial charge in [-0.1, -0.05) is 5.16 Å². The lowest BCUT2D eigenvalue weighted by molar-refractivity contribution is -0.192. The fourth-order valence-electron chi connectivity index (χ4n) is 3.82. The zero-order valence-corrected chi connectivity index (χ0v) is 16.9. The molecule has 0 saturated carbocycles. The summed E-state index contributed by atoms with van der Waals surface area (Å²) in [4.78, 5) is 15.8. The average Bonchev–Trinajstić information content (AvgIpc) is 3.36. The molecular formula is C19H24F3N3O5. The molecular weight excluding hydrogens is 407 g/mol. The molecule has 2 aromatic heterocycles. The first-order valence-corrected chi connectivity index (χ1v) is 9.56. The van der Waals surface area contributed by atoms with Gasteiger partial charge in [-0.05, 0) is 45.2 Å². The van der Waals surface area contributed by atoms with E-state index >= 15 is 0 Å². The van der Waals surface area contributed by atoms with Crippen LogP contribution in [-0.4, -0.2) is 57.6 Å². The van der Waals surface area contributed by atoms with Gasteiger partial charge in [-0.15, -0.1) is 0 Å². The molecule has 30 heavy (non-hydrogen) atoms. The molecule has 1 N–H and O–H groups in total. The third-order valence-corrected chi connectivity index (χ3v) is 5.33. The zero-order valence-electron chi connectivity index (χ0n) is 16.9. The number of rotatable bonds is 3. The van der Waals surface area contributed by atoms with Crippen molar-refractivity contribution < 1.29 is 36.7 Å². The number of furan rings is 1. The summed E-state index contributed by atoms with van der Waals surface area (Å²) >= 11 is 0. The van der Waals surface area contributed by atoms with Crippen molar-refractivity contribution in [2.45, 2.75) is 64.4 Å². The smallest absolute Gasteiger partial charge is 0.475 e. The Bertz CT molecular complexity index is 860. The Morgan fingerprint density at radius 1 is 1.33 bits per heavy atom. The van der Waals surface area contributed by atoms with Gasteiger partial charge in [0.1, 0.15) is 11.5 Å². The van der Waals surface area contributed by atoms with Crippen molar-refractivity contribution in [2.24, 2.45) is 0 Å². The summed E-state index contributed by atoms with van der Waals surface area (Å²) < 4.78 is 49.0. The van der Waals surface area contributed by atoms with Gasteiger partial charge >= 0.3 is 12.1 Å². The molecule has 4 heterocycles. The minimum absolute atomic E-state index is 0.229. The van der Waals surface area contributed by atoms with E-state index in [1.165, 1.54) is 5.56 Å². The number of nitrogens with zero attached hydrogens (tertiary/aromatic N) is 3. The van der Waals surface area contributed by atoms with Crippen LogP contribution in [0.3, 0.4) is 0 Å². The minimum atomic E-state index is -5.08. The van der Waals surface area contributed by atoms with E-state index in [4.69, 9.17) is 23.6 Å². The second-order valence-corrected chi connectivity index (χ2v) is 7.56. The first kappa shape index (κ1) is 22.3. The molecule has 2 fully saturated rings. The van der Waals surface area contributed by atoms with Gasteiger partial charge in [0, 0.05) is 19.2 Å². The molecule has 2 aliphatic heterocycles. The molecule has 11 heteroatoms. The average molecular weight is 431 g/mol. The van der Waals surface area contributed by atoms with Crippen LogP contribution in [-0.2, 0) is 16.1 Å². The van der Waals surface area contributed by atoms with Gasteiger partial charge in [0.2, 0.25) is 5.89 Å². The minimum Gasteiger partial charge on any atom is -0.475 e. The van der Waals surface area contributed by atoms with E-state index < -0.39 is 12.1 Å². The van der Waals surface area contributed by atoms with Gasteiger partial charge in [0.25, 0.3) is 0 Å². The van der Waals surface area contributed by atoms with Crippen molar-refractivity contribution in [3.05, 3.63) is 34.9 Å². The van der Waals surface area contributed by atoms with Crippen molar-refractivity contribution in [3.8, 4) is 0 Å². The summed E-state index contributed by atoms with van der Waals surface area (Å²) in [6.45, 7) is 8.51. The van der Waals surface area contributed by atoms with E-state index in [0.29, 0.717) is 11.9 Å². The summed E-state index contributed by atoms with van der Waals surface area (Å²) in [5, 5.41) is 11.1. The Morgan fingerprint density at radius 3 is 2.57 bits per heavy atom. The molecule has 2 saturated heterocycles. The number of carboxylic acid groups (broad SMARTS) is 1. The van der Waals surface area contributed by atoms with Crippen LogP contribution in [0, 0.1) is 20.8 Å². The van der Waals surface area contributed by atoms with Crippen molar-refractivity contribution in [1.29, 1.82) is 0 Å². The molecule has 2 aliphatic rings. The van der Waals surface area contributed by atoms with Crippen molar-refractivity contribution in [1.82, 2.24) is 15.0 Å². The lowest BCUT2D eigenvalue weighted by Crippen LogP contribution is -2.48. The fraction of sp³-hybridized carbons (Fsp3) is 0.632. The van der Waals surface area contributed by atoms with Crippen molar-refractivity contribution in [3.63, 3.8) is 0 Å². The molecule has 0 aliphatic carbocycles. The number of carbonyl (C=O) groups is 1. The Morgan fingerprint density at radius 2 is 2.03 bits per heavy atom. The highest BCUT2D eigenvalue weighted by Gasteiger charge is 2.42. The normalized spacial score (nSPS) is 24.3. The predicted molar refractivity (Wildman–Crippen MR) is 96.8 cm³/mol. The molecule has 0 aromatic carbocycles. The van der Waals surface area contributed by atoms with Crippen LogP contribution in [0.15, 0.2) is 15.0 Å². The monoisotopic (exact) mass is 431 g/mol. The van der Waals surface area contributed by atoms with Crippen LogP contribution in [0.5, 0.6) is 0 Å². The number of ether oxygens (including phenoxy) is 1. The quantitative estimate of drug-likeness (QED) is 0.789. The van der Waals surface area contributed by atoms with Crippen LogP contribution in [0.2, 0.25) is 0 Å². The van der Waals surface area contributed by atoms with E-state index in [1.54, 1.807) is 0 Å². The number of alkyl halides is 3. The molecule has 166 valence electrons. The fourth-order valence-corrected chi connectivity index (χ4v) is 3.82. The Balaban J connectivity index is 0.000000318. The Labute approximate surface area is 171 Å². The van der Waals surface area contributed by atoms with E-state index in [2.05, 4.69) is 28.0 Å². The molecule has 0 unspecified atom stereocenters. The summed E-state index contributed by atoms with van der Waals surface area (Å²) in [5.74, 6) is 0.917. The maximum absolute atomic E-state index is 10.6. The molecule has 3 atom stereocenters. The molecule has 0 radical (unpaired) electrons. The van der Waals surface area contributed by atoms with E-state index in [1.807, 2.05) is 13.8 Å². The number of hydrogen-bond donors (Lipinski definition) is 1. The van der Waals surface area contributed by atoms with Crippen LogP contribution in [0.4, 0.5) is 13.2 Å².